The van der Waals surface area contributed by atoms with Crippen LogP contribution in [0.1, 0.15) is 13.8 Å². The van der Waals surface area contributed by atoms with Gasteiger partial charge >= 0.3 is 0 Å². The van der Waals surface area contributed by atoms with Gasteiger partial charge in [0, 0.05) is 23.2 Å². The van der Waals surface area contributed by atoms with Crippen LogP contribution < -0.4 is 5.32 Å². The van der Waals surface area contributed by atoms with Crippen LogP contribution in [0.25, 0.3) is 0 Å². The zero-order chi connectivity index (χ0) is 15.8. The summed E-state index contributed by atoms with van der Waals surface area (Å²) in [6.45, 7) is 5.70. The summed E-state index contributed by atoms with van der Waals surface area (Å²) in [4.78, 5) is 27.3. The molecule has 0 saturated carbocycles. The van der Waals surface area contributed by atoms with Crippen molar-refractivity contribution in [2.24, 2.45) is 0 Å². The Morgan fingerprint density at radius 1 is 1.10 bits per heavy atom. The van der Waals surface area contributed by atoms with Crippen molar-refractivity contribution in [3.8, 4) is 0 Å². The van der Waals surface area contributed by atoms with Gasteiger partial charge in [0.25, 0.3) is 0 Å². The predicted octanol–water partition coefficient (Wildman–Crippen LogP) is 2.19. The van der Waals surface area contributed by atoms with Crippen molar-refractivity contribution in [1.29, 1.82) is 0 Å². The topological polar surface area (TPSA) is 52.7 Å². The predicted molar refractivity (Wildman–Crippen MR) is 88.2 cm³/mol. The molecule has 0 aliphatic heterocycles. The van der Waals surface area contributed by atoms with Crippen LogP contribution in [-0.2, 0) is 9.59 Å². The van der Waals surface area contributed by atoms with Crippen LogP contribution in [0.4, 0.5) is 5.69 Å². The molecule has 0 bridgehead atoms. The van der Waals surface area contributed by atoms with Crippen molar-refractivity contribution in [2.75, 3.05) is 38.5 Å². The highest BCUT2D eigenvalue weighted by Crippen LogP contribution is 2.13. The van der Waals surface area contributed by atoms with E-state index in [2.05, 4.69) is 21.2 Å². The van der Waals surface area contributed by atoms with E-state index in [4.69, 9.17) is 0 Å². The van der Waals surface area contributed by atoms with E-state index in [0.29, 0.717) is 13.1 Å². The Balaban J connectivity index is 2.43. The van der Waals surface area contributed by atoms with Crippen LogP contribution in [0, 0.1) is 0 Å². The highest BCUT2D eigenvalue weighted by molar-refractivity contribution is 9.10. The number of carbonyl (C=O) groups is 2. The maximum atomic E-state index is 11.9. The molecule has 5 nitrogen and oxygen atoms in total. The second kappa shape index (κ2) is 8.79. The highest BCUT2D eigenvalue weighted by atomic mass is 79.9. The third-order valence-electron chi connectivity index (χ3n) is 3.06. The van der Waals surface area contributed by atoms with E-state index in [1.807, 2.05) is 38.1 Å². The third kappa shape index (κ3) is 6.27. The average molecular weight is 356 g/mol. The maximum absolute atomic E-state index is 11.9. The van der Waals surface area contributed by atoms with Gasteiger partial charge in [-0.2, -0.15) is 0 Å². The summed E-state index contributed by atoms with van der Waals surface area (Å²) in [5, 5.41) is 2.80. The second-order valence-corrected chi connectivity index (χ2v) is 5.71. The van der Waals surface area contributed by atoms with Crippen LogP contribution in [0.5, 0.6) is 0 Å². The average Bonchev–Trinajstić information content (AvgIpc) is 2.42. The molecule has 1 rings (SSSR count). The molecule has 0 unspecified atom stereocenters. The molecule has 0 spiro atoms. The number of carbonyl (C=O) groups excluding carboxylic acids is 2. The lowest BCUT2D eigenvalue weighted by Gasteiger charge is -2.22. The summed E-state index contributed by atoms with van der Waals surface area (Å²) in [5.74, 6) is -0.0916. The number of nitrogens with one attached hydrogen (secondary N) is 1. The lowest BCUT2D eigenvalue weighted by Crippen LogP contribution is -2.41. The SMILES string of the molecule is CCN(CC)C(=O)CN(C)CC(=O)Nc1ccc(Br)cc1. The first-order valence-electron chi connectivity index (χ1n) is 6.98. The second-order valence-electron chi connectivity index (χ2n) is 4.79. The normalized spacial score (nSPS) is 10.5. The molecular weight excluding hydrogens is 334 g/mol. The summed E-state index contributed by atoms with van der Waals surface area (Å²) >= 11 is 3.34. The molecule has 0 atom stereocenters. The Hall–Kier alpha value is -1.40. The molecule has 0 aliphatic carbocycles. The fourth-order valence-corrected chi connectivity index (χ4v) is 2.21. The molecule has 1 aromatic carbocycles. The molecule has 0 radical (unpaired) electrons. The monoisotopic (exact) mass is 355 g/mol. The van der Waals surface area contributed by atoms with E-state index in [9.17, 15) is 9.59 Å². The smallest absolute Gasteiger partial charge is 0.238 e. The zero-order valence-electron chi connectivity index (χ0n) is 12.7. The van der Waals surface area contributed by atoms with Gasteiger partial charge in [-0.15, -0.1) is 0 Å². The first-order valence-corrected chi connectivity index (χ1v) is 7.77. The largest absolute Gasteiger partial charge is 0.342 e. The van der Waals surface area contributed by atoms with E-state index in [-0.39, 0.29) is 24.9 Å². The van der Waals surface area contributed by atoms with Crippen molar-refractivity contribution in [2.45, 2.75) is 13.8 Å². The lowest BCUT2D eigenvalue weighted by molar-refractivity contribution is -0.132. The molecule has 0 heterocycles. The summed E-state index contributed by atoms with van der Waals surface area (Å²) in [6, 6.07) is 7.37. The highest BCUT2D eigenvalue weighted by Gasteiger charge is 2.14. The van der Waals surface area contributed by atoms with Gasteiger partial charge in [0.2, 0.25) is 11.8 Å². The Kier molecular flexibility index (Phi) is 7.39. The Bertz CT molecular complexity index is 472. The first-order chi connectivity index (χ1) is 9.96. The Labute approximate surface area is 134 Å². The molecule has 0 fully saturated rings. The molecule has 2 amide bonds. The van der Waals surface area contributed by atoms with Crippen molar-refractivity contribution < 1.29 is 9.59 Å². The number of halogens is 1. The zero-order valence-corrected chi connectivity index (χ0v) is 14.3. The summed E-state index contributed by atoms with van der Waals surface area (Å²) < 4.78 is 0.961. The Morgan fingerprint density at radius 2 is 1.67 bits per heavy atom. The number of rotatable bonds is 7. The van der Waals surface area contributed by atoms with Crippen molar-refractivity contribution in [3.63, 3.8) is 0 Å². The van der Waals surface area contributed by atoms with Gasteiger partial charge in [0.05, 0.1) is 13.1 Å². The summed E-state index contributed by atoms with van der Waals surface area (Å²) in [7, 11) is 1.77. The van der Waals surface area contributed by atoms with E-state index < -0.39 is 0 Å². The standard InChI is InChI=1S/C15H22BrN3O2/c1-4-19(5-2)15(21)11-18(3)10-14(20)17-13-8-6-12(16)7-9-13/h6-9H,4-5,10-11H2,1-3H3,(H,17,20). The minimum Gasteiger partial charge on any atom is -0.342 e. The molecule has 1 N–H and O–H groups in total. The number of nitrogens with zero attached hydrogens (tertiary/aromatic N) is 2. The van der Waals surface area contributed by atoms with Crippen molar-refractivity contribution in [3.05, 3.63) is 28.7 Å². The van der Waals surface area contributed by atoms with E-state index in [1.54, 1.807) is 16.8 Å². The molecule has 21 heavy (non-hydrogen) atoms. The molecule has 0 aliphatic rings. The third-order valence-corrected chi connectivity index (χ3v) is 3.59. The quantitative estimate of drug-likeness (QED) is 0.815. The molecule has 116 valence electrons. The van der Waals surface area contributed by atoms with E-state index in [1.165, 1.54) is 0 Å². The number of amides is 2. The van der Waals surface area contributed by atoms with Crippen LogP contribution >= 0.6 is 15.9 Å². The minimum atomic E-state index is -0.132. The number of hydrogen-bond donors (Lipinski definition) is 1. The number of likely N-dealkylation sites (N-methyl/N-ethyl adjacent to an activating group) is 2. The van der Waals surface area contributed by atoms with E-state index in [0.717, 1.165) is 10.2 Å². The van der Waals surface area contributed by atoms with Crippen molar-refractivity contribution >= 4 is 33.4 Å². The minimum absolute atomic E-state index is 0.0407. The van der Waals surface area contributed by atoms with Gasteiger partial charge in [0.15, 0.2) is 0 Å². The number of anilines is 1. The summed E-state index contributed by atoms with van der Waals surface area (Å²) in [6.07, 6.45) is 0. The molecule has 0 saturated heterocycles. The lowest BCUT2D eigenvalue weighted by atomic mass is 10.3. The number of hydrogen-bond acceptors (Lipinski definition) is 3. The fourth-order valence-electron chi connectivity index (χ4n) is 1.94. The first kappa shape index (κ1) is 17.7. The van der Waals surface area contributed by atoms with Gasteiger partial charge in [-0.05, 0) is 45.2 Å². The van der Waals surface area contributed by atoms with Gasteiger partial charge in [-0.1, -0.05) is 15.9 Å². The van der Waals surface area contributed by atoms with Gasteiger partial charge in [-0.3, -0.25) is 14.5 Å². The molecule has 0 aromatic heterocycles. The van der Waals surface area contributed by atoms with Crippen LogP contribution in [0.2, 0.25) is 0 Å². The Morgan fingerprint density at radius 3 is 2.19 bits per heavy atom. The maximum Gasteiger partial charge on any atom is 0.238 e. The van der Waals surface area contributed by atoms with Crippen LogP contribution in [0.3, 0.4) is 0 Å². The van der Waals surface area contributed by atoms with E-state index >= 15 is 0 Å². The summed E-state index contributed by atoms with van der Waals surface area (Å²) in [5.41, 5.74) is 0.742. The van der Waals surface area contributed by atoms with Gasteiger partial charge in [-0.25, -0.2) is 0 Å². The van der Waals surface area contributed by atoms with Gasteiger partial charge in [0.1, 0.15) is 0 Å². The fraction of sp³-hybridized carbons (Fsp3) is 0.467. The van der Waals surface area contributed by atoms with Crippen molar-refractivity contribution in [1.82, 2.24) is 9.80 Å². The molecule has 6 heteroatoms. The van der Waals surface area contributed by atoms with Gasteiger partial charge < -0.3 is 10.2 Å². The molecular formula is C15H22BrN3O2. The van der Waals surface area contributed by atoms with Crippen LogP contribution in [-0.4, -0.2) is 54.8 Å². The van der Waals surface area contributed by atoms with Crippen LogP contribution in [0.15, 0.2) is 28.7 Å². The number of benzene rings is 1. The molecule has 1 aromatic rings.